The Morgan fingerprint density at radius 3 is 2.96 bits per heavy atom. The molecule has 0 unspecified atom stereocenters. The Kier molecular flexibility index (Phi) is 3.38. The first kappa shape index (κ1) is 14.9. The molecule has 2 heterocycles. The summed E-state index contributed by atoms with van der Waals surface area (Å²) in [4.78, 5) is 29.7. The first-order chi connectivity index (χ1) is 11.6. The minimum Gasteiger partial charge on any atom is -0.479 e. The van der Waals surface area contributed by atoms with Crippen molar-refractivity contribution in [2.75, 3.05) is 0 Å². The van der Waals surface area contributed by atoms with E-state index in [1.54, 1.807) is 22.7 Å². The number of imidazole rings is 1. The van der Waals surface area contributed by atoms with Gasteiger partial charge in [-0.15, -0.1) is 11.3 Å². The molecule has 0 fully saturated rings. The van der Waals surface area contributed by atoms with E-state index in [9.17, 15) is 14.7 Å². The number of carboxylic acid groups (broad SMARTS) is 1. The number of nitrogens with zero attached hydrogens (tertiary/aromatic N) is 2. The summed E-state index contributed by atoms with van der Waals surface area (Å²) >= 11 is 1.42. The minimum atomic E-state index is -1.40. The highest BCUT2D eigenvalue weighted by molar-refractivity contribution is 7.15. The molecule has 0 spiro atoms. The highest BCUT2D eigenvalue weighted by Gasteiger charge is 2.45. The van der Waals surface area contributed by atoms with Crippen molar-refractivity contribution in [1.82, 2.24) is 14.7 Å². The average molecular weight is 341 g/mol. The summed E-state index contributed by atoms with van der Waals surface area (Å²) in [5.74, 6) is -1.51. The van der Waals surface area contributed by atoms with Crippen molar-refractivity contribution >= 4 is 28.2 Å². The van der Waals surface area contributed by atoms with Gasteiger partial charge in [0, 0.05) is 17.8 Å². The van der Waals surface area contributed by atoms with Gasteiger partial charge in [0.15, 0.2) is 10.5 Å². The monoisotopic (exact) mass is 341 g/mol. The lowest BCUT2D eigenvalue weighted by Gasteiger charge is -2.36. The number of benzene rings is 1. The molecular weight excluding hydrogens is 326 g/mol. The van der Waals surface area contributed by atoms with Gasteiger partial charge in [0.2, 0.25) is 0 Å². The number of rotatable bonds is 3. The zero-order chi connectivity index (χ0) is 16.7. The molecule has 3 aromatic rings. The maximum Gasteiger partial charge on any atom is 0.334 e. The Morgan fingerprint density at radius 1 is 1.33 bits per heavy atom. The lowest BCUT2D eigenvalue weighted by molar-refractivity contribution is -0.145. The van der Waals surface area contributed by atoms with Crippen molar-refractivity contribution in [2.45, 2.75) is 24.8 Å². The number of aryl methyl sites for hydroxylation is 1. The van der Waals surface area contributed by atoms with E-state index >= 15 is 0 Å². The molecule has 0 saturated carbocycles. The Labute approximate surface area is 141 Å². The number of aliphatic carboxylic acids is 1. The molecule has 0 saturated heterocycles. The van der Waals surface area contributed by atoms with Crippen LogP contribution < -0.4 is 5.32 Å². The normalized spacial score (nSPS) is 19.8. The lowest BCUT2D eigenvalue weighted by atomic mass is 9.76. The zero-order valence-electron chi connectivity index (χ0n) is 12.7. The van der Waals surface area contributed by atoms with Crippen LogP contribution in [0.1, 0.15) is 34.5 Å². The molecule has 0 bridgehead atoms. The fraction of sp³-hybridized carbons (Fsp3) is 0.235. The maximum absolute atomic E-state index is 12.7. The van der Waals surface area contributed by atoms with Crippen LogP contribution in [0.25, 0.3) is 4.96 Å². The standard InChI is InChI=1S/C17H15N3O3S/c21-14(13-10-20-8-9-24-16(20)18-13)19-17(15(22)23)7-3-5-11-4-1-2-6-12(11)17/h1-2,4,6,8-10H,3,5,7H2,(H,19,21)(H,22,23)/t17-/m1/s1. The number of nitrogens with one attached hydrogen (secondary N) is 1. The summed E-state index contributed by atoms with van der Waals surface area (Å²) in [6.07, 6.45) is 5.33. The SMILES string of the molecule is O=C(N[C@]1(C(=O)O)CCCc2ccccc21)c1cn2ccsc2n1. The van der Waals surface area contributed by atoms with Crippen molar-refractivity contribution in [2.24, 2.45) is 0 Å². The Morgan fingerprint density at radius 2 is 2.17 bits per heavy atom. The predicted molar refractivity (Wildman–Crippen MR) is 89.2 cm³/mol. The zero-order valence-corrected chi connectivity index (χ0v) is 13.5. The number of carbonyl (C=O) groups excluding carboxylic acids is 1. The van der Waals surface area contributed by atoms with E-state index in [1.807, 2.05) is 23.7 Å². The van der Waals surface area contributed by atoms with Crippen LogP contribution in [-0.4, -0.2) is 26.4 Å². The summed E-state index contributed by atoms with van der Waals surface area (Å²) in [5.41, 5.74) is 0.462. The number of fused-ring (bicyclic) bond motifs is 2. The fourth-order valence-corrected chi connectivity index (χ4v) is 4.03. The van der Waals surface area contributed by atoms with Crippen LogP contribution in [0.15, 0.2) is 42.0 Å². The molecule has 4 rings (SSSR count). The van der Waals surface area contributed by atoms with Crippen LogP contribution in [-0.2, 0) is 16.8 Å². The minimum absolute atomic E-state index is 0.227. The first-order valence-corrected chi connectivity index (χ1v) is 8.55. The molecule has 6 nitrogen and oxygen atoms in total. The number of carboxylic acids is 1. The largest absolute Gasteiger partial charge is 0.479 e. The summed E-state index contributed by atoms with van der Waals surface area (Å²) < 4.78 is 1.75. The Balaban J connectivity index is 1.73. The fourth-order valence-electron chi connectivity index (χ4n) is 3.33. The van der Waals surface area contributed by atoms with Crippen molar-refractivity contribution < 1.29 is 14.7 Å². The average Bonchev–Trinajstić information content (AvgIpc) is 3.16. The van der Waals surface area contributed by atoms with Crippen LogP contribution in [0.2, 0.25) is 0 Å². The van der Waals surface area contributed by atoms with Gasteiger partial charge in [-0.05, 0) is 30.4 Å². The van der Waals surface area contributed by atoms with Gasteiger partial charge in [0.05, 0.1) is 0 Å². The molecule has 1 atom stereocenters. The van der Waals surface area contributed by atoms with Gasteiger partial charge >= 0.3 is 5.97 Å². The van der Waals surface area contributed by atoms with Crippen LogP contribution in [0.3, 0.4) is 0 Å². The smallest absolute Gasteiger partial charge is 0.334 e. The van der Waals surface area contributed by atoms with E-state index in [1.165, 1.54) is 11.3 Å². The van der Waals surface area contributed by atoms with E-state index in [0.29, 0.717) is 23.4 Å². The summed E-state index contributed by atoms with van der Waals surface area (Å²) in [6.45, 7) is 0. The third kappa shape index (κ3) is 2.20. The predicted octanol–water partition coefficient (Wildman–Crippen LogP) is 2.44. The number of hydrogen-bond donors (Lipinski definition) is 2. The second-order valence-corrected chi connectivity index (χ2v) is 6.77. The molecule has 24 heavy (non-hydrogen) atoms. The van der Waals surface area contributed by atoms with Crippen molar-refractivity contribution in [3.05, 3.63) is 58.9 Å². The van der Waals surface area contributed by atoms with Gasteiger partial charge in [-0.25, -0.2) is 9.78 Å². The van der Waals surface area contributed by atoms with Crippen molar-refractivity contribution in [3.63, 3.8) is 0 Å². The second kappa shape index (κ2) is 5.45. The Bertz CT molecular complexity index is 917. The molecule has 122 valence electrons. The number of amides is 1. The summed E-state index contributed by atoms with van der Waals surface area (Å²) in [7, 11) is 0. The molecule has 0 aliphatic heterocycles. The van der Waals surface area contributed by atoms with Gasteiger partial charge in [-0.2, -0.15) is 0 Å². The molecule has 2 N–H and O–H groups in total. The molecule has 1 aromatic carbocycles. The maximum atomic E-state index is 12.7. The van der Waals surface area contributed by atoms with E-state index in [4.69, 9.17) is 0 Å². The van der Waals surface area contributed by atoms with Crippen molar-refractivity contribution in [1.29, 1.82) is 0 Å². The Hall–Kier alpha value is -2.67. The molecule has 0 radical (unpaired) electrons. The number of carbonyl (C=O) groups is 2. The quantitative estimate of drug-likeness (QED) is 0.766. The molecular formula is C17H15N3O3S. The van der Waals surface area contributed by atoms with Gasteiger partial charge in [0.25, 0.3) is 5.91 Å². The van der Waals surface area contributed by atoms with E-state index in [0.717, 1.165) is 12.0 Å². The first-order valence-electron chi connectivity index (χ1n) is 7.67. The summed E-state index contributed by atoms with van der Waals surface area (Å²) in [5, 5.41) is 14.5. The molecule has 7 heteroatoms. The van der Waals surface area contributed by atoms with Gasteiger partial charge in [-0.1, -0.05) is 24.3 Å². The highest BCUT2D eigenvalue weighted by atomic mass is 32.1. The second-order valence-electron chi connectivity index (χ2n) is 5.89. The number of thiazole rings is 1. The third-order valence-electron chi connectivity index (χ3n) is 4.49. The lowest BCUT2D eigenvalue weighted by Crippen LogP contribution is -2.53. The van der Waals surface area contributed by atoms with E-state index in [-0.39, 0.29) is 5.69 Å². The van der Waals surface area contributed by atoms with Crippen LogP contribution >= 0.6 is 11.3 Å². The molecule has 1 aliphatic rings. The van der Waals surface area contributed by atoms with Crippen LogP contribution in [0.5, 0.6) is 0 Å². The van der Waals surface area contributed by atoms with Crippen LogP contribution in [0, 0.1) is 0 Å². The number of aromatic nitrogens is 2. The van der Waals surface area contributed by atoms with E-state index in [2.05, 4.69) is 10.3 Å². The molecule has 1 aliphatic carbocycles. The van der Waals surface area contributed by atoms with Gasteiger partial charge in [-0.3, -0.25) is 9.20 Å². The molecule has 1 amide bonds. The van der Waals surface area contributed by atoms with Crippen LogP contribution in [0.4, 0.5) is 0 Å². The van der Waals surface area contributed by atoms with Crippen molar-refractivity contribution in [3.8, 4) is 0 Å². The topological polar surface area (TPSA) is 83.7 Å². The number of hydrogen-bond acceptors (Lipinski definition) is 4. The molecule has 2 aromatic heterocycles. The summed E-state index contributed by atoms with van der Waals surface area (Å²) in [6, 6.07) is 7.41. The van der Waals surface area contributed by atoms with Gasteiger partial charge < -0.3 is 10.4 Å². The third-order valence-corrected chi connectivity index (χ3v) is 5.26. The van der Waals surface area contributed by atoms with Gasteiger partial charge in [0.1, 0.15) is 5.69 Å². The van der Waals surface area contributed by atoms with E-state index < -0.39 is 17.4 Å². The highest BCUT2D eigenvalue weighted by Crippen LogP contribution is 2.36.